The molecule has 0 bridgehead atoms. The summed E-state index contributed by atoms with van der Waals surface area (Å²) in [5, 5.41) is 9.46. The highest BCUT2D eigenvalue weighted by Crippen LogP contribution is 2.43. The van der Waals surface area contributed by atoms with Crippen LogP contribution in [0.25, 0.3) is 0 Å². The van der Waals surface area contributed by atoms with Crippen LogP contribution in [0.4, 0.5) is 0 Å². The molecule has 2 fully saturated rings. The van der Waals surface area contributed by atoms with Gasteiger partial charge >= 0.3 is 0 Å². The summed E-state index contributed by atoms with van der Waals surface area (Å²) in [6.45, 7) is 6.75. The zero-order valence-corrected chi connectivity index (χ0v) is 21.4. The third-order valence-electron chi connectivity index (χ3n) is 8.12. The van der Waals surface area contributed by atoms with Gasteiger partial charge in [-0.1, -0.05) is 18.9 Å². The number of nitrogens with zero attached hydrogens (tertiary/aromatic N) is 2. The third kappa shape index (κ3) is 5.66. The number of hydrogen-bond acceptors (Lipinski definition) is 7. The van der Waals surface area contributed by atoms with Gasteiger partial charge in [-0.15, -0.1) is 0 Å². The first-order chi connectivity index (χ1) is 17.7. The maximum atomic E-state index is 13.6. The predicted molar refractivity (Wildman–Crippen MR) is 134 cm³/mol. The van der Waals surface area contributed by atoms with Crippen LogP contribution >= 0.6 is 0 Å². The first-order valence-electron chi connectivity index (χ1n) is 13.7. The summed E-state index contributed by atoms with van der Waals surface area (Å²) in [5.41, 5.74) is 1.19. The van der Waals surface area contributed by atoms with E-state index in [1.807, 2.05) is 24.0 Å². The van der Waals surface area contributed by atoms with Crippen molar-refractivity contribution in [1.29, 1.82) is 0 Å². The van der Waals surface area contributed by atoms with E-state index in [2.05, 4.69) is 17.0 Å². The van der Waals surface area contributed by atoms with Crippen molar-refractivity contribution in [2.45, 2.75) is 58.3 Å². The summed E-state index contributed by atoms with van der Waals surface area (Å²) < 4.78 is 23.2. The van der Waals surface area contributed by atoms with Crippen molar-refractivity contribution >= 4 is 5.91 Å². The predicted octanol–water partition coefficient (Wildman–Crippen LogP) is 3.53. The average Bonchev–Trinajstić information content (AvgIpc) is 3.60. The second-order valence-corrected chi connectivity index (χ2v) is 10.4. The molecule has 198 valence electrons. The lowest BCUT2D eigenvalue weighted by molar-refractivity contribution is -0.179. The summed E-state index contributed by atoms with van der Waals surface area (Å²) in [6, 6.07) is 6.09. The topological polar surface area (TPSA) is 80.7 Å². The normalized spacial score (nSPS) is 26.7. The van der Waals surface area contributed by atoms with Crippen LogP contribution in [0.5, 0.6) is 11.5 Å². The van der Waals surface area contributed by atoms with Gasteiger partial charge in [0.15, 0.2) is 17.3 Å². The van der Waals surface area contributed by atoms with Gasteiger partial charge in [0.05, 0.1) is 0 Å². The number of allylic oxidation sites excluding steroid dienone is 1. The molecular formula is C28H40N2O6. The molecule has 8 nitrogen and oxygen atoms in total. The van der Waals surface area contributed by atoms with Crippen molar-refractivity contribution in [2.75, 3.05) is 46.2 Å². The van der Waals surface area contributed by atoms with Gasteiger partial charge in [-0.3, -0.25) is 9.69 Å². The molecule has 1 amide bonds. The number of carbonyl (C=O) groups is 1. The van der Waals surface area contributed by atoms with Gasteiger partial charge in [0.25, 0.3) is 5.91 Å². The van der Waals surface area contributed by atoms with E-state index in [0.29, 0.717) is 31.4 Å². The molecule has 1 aliphatic carbocycles. The summed E-state index contributed by atoms with van der Waals surface area (Å²) >= 11 is 0. The van der Waals surface area contributed by atoms with Crippen molar-refractivity contribution in [3.63, 3.8) is 0 Å². The van der Waals surface area contributed by atoms with E-state index in [1.54, 1.807) is 0 Å². The van der Waals surface area contributed by atoms with Crippen molar-refractivity contribution in [2.24, 2.45) is 17.8 Å². The van der Waals surface area contributed by atoms with Crippen LogP contribution in [0.1, 0.15) is 51.0 Å². The lowest BCUT2D eigenvalue weighted by Crippen LogP contribution is -2.50. The molecule has 0 unspecified atom stereocenters. The highest BCUT2D eigenvalue weighted by molar-refractivity contribution is 5.91. The van der Waals surface area contributed by atoms with E-state index in [0.717, 1.165) is 44.0 Å². The molecule has 1 aromatic carbocycles. The minimum atomic E-state index is -0.427. The van der Waals surface area contributed by atoms with E-state index in [9.17, 15) is 9.90 Å². The Kier molecular flexibility index (Phi) is 8.34. The number of hydrogen-bond donors (Lipinski definition) is 1. The fourth-order valence-corrected chi connectivity index (χ4v) is 6.22. The van der Waals surface area contributed by atoms with Gasteiger partial charge < -0.3 is 29.0 Å². The lowest BCUT2D eigenvalue weighted by Gasteiger charge is -2.41. The van der Waals surface area contributed by atoms with Crippen LogP contribution in [0.15, 0.2) is 30.0 Å². The first kappa shape index (κ1) is 25.4. The van der Waals surface area contributed by atoms with Crippen LogP contribution in [0, 0.1) is 17.8 Å². The van der Waals surface area contributed by atoms with Crippen LogP contribution in [0.3, 0.4) is 0 Å². The molecule has 1 aromatic rings. The Morgan fingerprint density at radius 2 is 1.89 bits per heavy atom. The molecule has 0 aromatic heterocycles. The number of rotatable bonds is 9. The Balaban J connectivity index is 1.23. The molecule has 8 heteroatoms. The van der Waals surface area contributed by atoms with E-state index < -0.39 is 6.29 Å². The number of aliphatic hydroxyl groups is 1. The Bertz CT molecular complexity index is 923. The van der Waals surface area contributed by atoms with Crippen molar-refractivity contribution in [1.82, 2.24) is 9.80 Å². The summed E-state index contributed by atoms with van der Waals surface area (Å²) in [5.74, 6) is 3.03. The van der Waals surface area contributed by atoms with E-state index >= 15 is 0 Å². The molecule has 4 aliphatic rings. The molecule has 1 saturated heterocycles. The minimum absolute atomic E-state index is 0.0222. The van der Waals surface area contributed by atoms with Crippen molar-refractivity contribution in [3.05, 3.63) is 35.6 Å². The molecule has 5 rings (SSSR count). The maximum absolute atomic E-state index is 13.6. The second kappa shape index (κ2) is 11.8. The summed E-state index contributed by atoms with van der Waals surface area (Å²) in [6.07, 6.45) is 8.12. The Hall–Kier alpha value is -2.29. The number of amides is 1. The fraction of sp³-hybridized carbons (Fsp3) is 0.679. The Morgan fingerprint density at radius 3 is 2.64 bits per heavy atom. The molecule has 3 heterocycles. The highest BCUT2D eigenvalue weighted by atomic mass is 16.7. The fourth-order valence-electron chi connectivity index (χ4n) is 6.22. The zero-order valence-electron chi connectivity index (χ0n) is 21.4. The lowest BCUT2D eigenvalue weighted by atomic mass is 9.76. The quantitative estimate of drug-likeness (QED) is 0.556. The van der Waals surface area contributed by atoms with Crippen LogP contribution in [0.2, 0.25) is 0 Å². The molecule has 0 spiro atoms. The molecule has 36 heavy (non-hydrogen) atoms. The van der Waals surface area contributed by atoms with Gasteiger partial charge in [-0.05, 0) is 68.2 Å². The van der Waals surface area contributed by atoms with E-state index in [-0.39, 0.29) is 31.1 Å². The maximum Gasteiger partial charge on any atom is 0.288 e. The molecule has 3 atom stereocenters. The van der Waals surface area contributed by atoms with E-state index in [4.69, 9.17) is 18.9 Å². The van der Waals surface area contributed by atoms with Crippen molar-refractivity contribution < 1.29 is 28.8 Å². The number of piperazine rings is 1. The SMILES string of the molecule is CCO[C@H]1OC(C(=O)N2CCN(Cc3ccc4c(c3)OCO4)CC2)=C[C@@H](C2CCCC2)[C@H]1CCCO. The minimum Gasteiger partial charge on any atom is -0.459 e. The molecule has 1 saturated carbocycles. The number of aliphatic hydroxyl groups excluding tert-OH is 1. The summed E-state index contributed by atoms with van der Waals surface area (Å²) in [4.78, 5) is 17.9. The Morgan fingerprint density at radius 1 is 1.11 bits per heavy atom. The van der Waals surface area contributed by atoms with Gasteiger partial charge in [-0.25, -0.2) is 0 Å². The van der Waals surface area contributed by atoms with Crippen LogP contribution in [-0.4, -0.2) is 73.3 Å². The van der Waals surface area contributed by atoms with E-state index in [1.165, 1.54) is 31.2 Å². The number of benzene rings is 1. The largest absolute Gasteiger partial charge is 0.459 e. The third-order valence-corrected chi connectivity index (χ3v) is 8.12. The average molecular weight is 501 g/mol. The smallest absolute Gasteiger partial charge is 0.288 e. The number of carbonyl (C=O) groups excluding carboxylic acids is 1. The van der Waals surface area contributed by atoms with Gasteiger partial charge in [0.1, 0.15) is 0 Å². The molecule has 3 aliphatic heterocycles. The Labute approximate surface area is 214 Å². The summed E-state index contributed by atoms with van der Waals surface area (Å²) in [7, 11) is 0. The molecular weight excluding hydrogens is 460 g/mol. The van der Waals surface area contributed by atoms with Crippen LogP contribution in [-0.2, 0) is 20.8 Å². The standard InChI is InChI=1S/C28H40N2O6/c1-2-33-28-22(8-5-15-31)23(21-6-3-4-7-21)17-26(36-28)27(32)30-13-11-29(12-14-30)18-20-9-10-24-25(16-20)35-19-34-24/h9-10,16-17,21-23,28,31H,2-8,11-15,18-19H2,1H3/t22-,23+,28+/m1/s1. The van der Waals surface area contributed by atoms with Gasteiger partial charge in [0, 0.05) is 51.9 Å². The van der Waals surface area contributed by atoms with Crippen LogP contribution < -0.4 is 9.47 Å². The monoisotopic (exact) mass is 500 g/mol. The number of ether oxygens (including phenoxy) is 4. The van der Waals surface area contributed by atoms with Crippen molar-refractivity contribution in [3.8, 4) is 11.5 Å². The first-order valence-corrected chi connectivity index (χ1v) is 13.7. The highest BCUT2D eigenvalue weighted by Gasteiger charge is 2.42. The zero-order chi connectivity index (χ0) is 24.9. The molecule has 0 radical (unpaired) electrons. The molecule has 1 N–H and O–H groups in total. The second-order valence-electron chi connectivity index (χ2n) is 10.4. The number of fused-ring (bicyclic) bond motifs is 1. The van der Waals surface area contributed by atoms with Gasteiger partial charge in [-0.2, -0.15) is 0 Å². The van der Waals surface area contributed by atoms with Gasteiger partial charge in [0.2, 0.25) is 13.1 Å².